The van der Waals surface area contributed by atoms with Crippen LogP contribution in [-0.4, -0.2) is 16.9 Å². The van der Waals surface area contributed by atoms with Crippen LogP contribution in [0.4, 0.5) is 11.4 Å². The summed E-state index contributed by atoms with van der Waals surface area (Å²) in [4.78, 5) is 24.4. The maximum absolute atomic E-state index is 12.5. The topological polar surface area (TPSA) is 96.5 Å². The minimum absolute atomic E-state index is 0.104. The summed E-state index contributed by atoms with van der Waals surface area (Å²) in [5.41, 5.74) is 1.78. The number of amides is 2. The zero-order valence-corrected chi connectivity index (χ0v) is 15.8. The number of anilines is 2. The number of rotatable bonds is 4. The van der Waals surface area contributed by atoms with Gasteiger partial charge >= 0.3 is 0 Å². The van der Waals surface area contributed by atoms with Crippen LogP contribution in [0.2, 0.25) is 0 Å². The summed E-state index contributed by atoms with van der Waals surface area (Å²) < 4.78 is 10.6. The van der Waals surface area contributed by atoms with Gasteiger partial charge in [0.05, 0.1) is 6.26 Å². The molecule has 2 aromatic carbocycles. The van der Waals surface area contributed by atoms with Gasteiger partial charge in [0, 0.05) is 16.8 Å². The Kier molecular flexibility index (Phi) is 5.08. The van der Waals surface area contributed by atoms with Crippen LogP contribution < -0.4 is 16.0 Å². The van der Waals surface area contributed by atoms with Crippen LogP contribution >= 0.6 is 12.2 Å². The highest BCUT2D eigenvalue weighted by Gasteiger charge is 2.13. The molecule has 2 heterocycles. The van der Waals surface area contributed by atoms with Crippen molar-refractivity contribution >= 4 is 51.5 Å². The molecule has 2 aromatic heterocycles. The van der Waals surface area contributed by atoms with E-state index in [-0.39, 0.29) is 22.5 Å². The van der Waals surface area contributed by atoms with Crippen molar-refractivity contribution in [1.29, 1.82) is 0 Å². The lowest BCUT2D eigenvalue weighted by atomic mass is 10.2. The highest BCUT2D eigenvalue weighted by molar-refractivity contribution is 7.80. The summed E-state index contributed by atoms with van der Waals surface area (Å²) in [5.74, 6) is -0.458. The molecule has 3 N–H and O–H groups in total. The first-order valence-electron chi connectivity index (χ1n) is 8.64. The summed E-state index contributed by atoms with van der Waals surface area (Å²) in [7, 11) is 0. The summed E-state index contributed by atoms with van der Waals surface area (Å²) in [5, 5.41) is 9.14. The van der Waals surface area contributed by atoms with Gasteiger partial charge in [0.1, 0.15) is 5.58 Å². The van der Waals surface area contributed by atoms with Crippen molar-refractivity contribution in [2.24, 2.45) is 0 Å². The Hall–Kier alpha value is -3.91. The van der Waals surface area contributed by atoms with Crippen LogP contribution in [0.15, 0.2) is 81.8 Å². The van der Waals surface area contributed by atoms with E-state index >= 15 is 0 Å². The molecule has 2 amide bonds. The third-order valence-corrected chi connectivity index (χ3v) is 4.20. The zero-order valence-electron chi connectivity index (χ0n) is 15.0. The van der Waals surface area contributed by atoms with Gasteiger partial charge in [-0.2, -0.15) is 0 Å². The van der Waals surface area contributed by atoms with E-state index in [1.165, 1.54) is 12.3 Å². The average molecular weight is 405 g/mol. The molecule has 29 heavy (non-hydrogen) atoms. The second-order valence-corrected chi connectivity index (χ2v) is 6.48. The van der Waals surface area contributed by atoms with E-state index in [0.717, 1.165) is 5.39 Å². The van der Waals surface area contributed by atoms with E-state index in [1.807, 2.05) is 18.2 Å². The molecule has 4 rings (SSSR count). The summed E-state index contributed by atoms with van der Waals surface area (Å²) >= 11 is 5.14. The quantitative estimate of drug-likeness (QED) is 0.436. The molecule has 0 saturated carbocycles. The fourth-order valence-corrected chi connectivity index (χ4v) is 2.91. The number of carbonyl (C=O) groups excluding carboxylic acids is 2. The van der Waals surface area contributed by atoms with Crippen LogP contribution in [0.3, 0.4) is 0 Å². The van der Waals surface area contributed by atoms with Crippen LogP contribution in [0.5, 0.6) is 0 Å². The van der Waals surface area contributed by atoms with E-state index in [4.69, 9.17) is 21.1 Å². The van der Waals surface area contributed by atoms with Crippen LogP contribution in [-0.2, 0) is 0 Å². The summed E-state index contributed by atoms with van der Waals surface area (Å²) in [6.45, 7) is 0. The van der Waals surface area contributed by atoms with Crippen molar-refractivity contribution < 1.29 is 18.4 Å². The van der Waals surface area contributed by atoms with Crippen molar-refractivity contribution in [3.05, 3.63) is 84.5 Å². The number of fused-ring (bicyclic) bond motifs is 1. The van der Waals surface area contributed by atoms with Gasteiger partial charge in [0.25, 0.3) is 11.8 Å². The van der Waals surface area contributed by atoms with Gasteiger partial charge < -0.3 is 19.5 Å². The Morgan fingerprint density at radius 1 is 0.793 bits per heavy atom. The molecule has 0 bridgehead atoms. The van der Waals surface area contributed by atoms with Gasteiger partial charge in [-0.15, -0.1) is 0 Å². The monoisotopic (exact) mass is 405 g/mol. The molecule has 0 spiro atoms. The Labute approximate surface area is 170 Å². The number of furan rings is 2. The largest absolute Gasteiger partial charge is 0.459 e. The third kappa shape index (κ3) is 4.33. The minimum atomic E-state index is -0.457. The molecule has 0 radical (unpaired) electrons. The highest BCUT2D eigenvalue weighted by atomic mass is 32.1. The molecular weight excluding hydrogens is 390 g/mol. The number of thiocarbonyl (C=S) groups is 1. The molecule has 0 unspecified atom stereocenters. The van der Waals surface area contributed by atoms with Crippen molar-refractivity contribution in [3.63, 3.8) is 0 Å². The molecular formula is C21H15N3O4S. The van der Waals surface area contributed by atoms with Gasteiger partial charge in [-0.25, -0.2) is 0 Å². The van der Waals surface area contributed by atoms with Gasteiger partial charge in [-0.05, 0) is 54.7 Å². The van der Waals surface area contributed by atoms with Crippen molar-refractivity contribution in [2.75, 3.05) is 10.6 Å². The lowest BCUT2D eigenvalue weighted by Crippen LogP contribution is -2.33. The molecule has 0 atom stereocenters. The first kappa shape index (κ1) is 18.5. The first-order chi connectivity index (χ1) is 14.1. The fraction of sp³-hybridized carbons (Fsp3) is 0. The predicted octanol–water partition coefficient (Wildman–Crippen LogP) is 4.40. The van der Waals surface area contributed by atoms with Gasteiger partial charge in [-0.3, -0.25) is 14.9 Å². The number of hydrogen-bond acceptors (Lipinski definition) is 5. The number of hydrogen-bond donors (Lipinski definition) is 3. The van der Waals surface area contributed by atoms with E-state index in [1.54, 1.807) is 42.5 Å². The van der Waals surface area contributed by atoms with E-state index in [0.29, 0.717) is 17.0 Å². The Morgan fingerprint density at radius 3 is 2.34 bits per heavy atom. The first-order valence-corrected chi connectivity index (χ1v) is 9.05. The van der Waals surface area contributed by atoms with Crippen LogP contribution in [0.1, 0.15) is 21.1 Å². The molecule has 7 nitrogen and oxygen atoms in total. The van der Waals surface area contributed by atoms with E-state index in [9.17, 15) is 9.59 Å². The molecule has 8 heteroatoms. The Bertz CT molecular complexity index is 1160. The molecule has 0 aliphatic carbocycles. The van der Waals surface area contributed by atoms with E-state index in [2.05, 4.69) is 16.0 Å². The van der Waals surface area contributed by atoms with Gasteiger partial charge in [0.15, 0.2) is 16.6 Å². The molecule has 0 fully saturated rings. The van der Waals surface area contributed by atoms with Crippen molar-refractivity contribution in [2.45, 2.75) is 0 Å². The molecule has 0 aliphatic heterocycles. The second-order valence-electron chi connectivity index (χ2n) is 6.07. The van der Waals surface area contributed by atoms with Gasteiger partial charge in [0.2, 0.25) is 0 Å². The number of nitrogens with one attached hydrogen (secondary N) is 3. The molecule has 144 valence electrons. The minimum Gasteiger partial charge on any atom is -0.459 e. The van der Waals surface area contributed by atoms with Crippen LogP contribution in [0, 0.1) is 0 Å². The maximum atomic E-state index is 12.5. The Morgan fingerprint density at radius 2 is 1.59 bits per heavy atom. The smallest absolute Gasteiger partial charge is 0.293 e. The third-order valence-electron chi connectivity index (χ3n) is 4.00. The summed E-state index contributed by atoms with van der Waals surface area (Å²) in [6, 6.07) is 19.1. The second kappa shape index (κ2) is 7.99. The summed E-state index contributed by atoms with van der Waals surface area (Å²) in [6.07, 6.45) is 1.40. The predicted molar refractivity (Wildman–Crippen MR) is 113 cm³/mol. The molecule has 0 aliphatic rings. The fourth-order valence-electron chi connectivity index (χ4n) is 2.70. The molecule has 4 aromatic rings. The average Bonchev–Trinajstić information content (AvgIpc) is 3.38. The lowest BCUT2D eigenvalue weighted by molar-refractivity contribution is 0.0949. The van der Waals surface area contributed by atoms with Gasteiger partial charge in [-0.1, -0.05) is 24.3 Å². The molecule has 0 saturated heterocycles. The SMILES string of the molecule is O=C(NC(=S)Nc1cccc(NC(=O)c2cc3ccccc3o2)c1)c1ccco1. The highest BCUT2D eigenvalue weighted by Crippen LogP contribution is 2.21. The maximum Gasteiger partial charge on any atom is 0.293 e. The number of carbonyl (C=O) groups is 2. The number of benzene rings is 2. The zero-order chi connectivity index (χ0) is 20.2. The number of para-hydroxylation sites is 1. The van der Waals surface area contributed by atoms with E-state index < -0.39 is 5.91 Å². The van der Waals surface area contributed by atoms with Crippen molar-refractivity contribution in [3.8, 4) is 0 Å². The lowest BCUT2D eigenvalue weighted by Gasteiger charge is -2.10. The standard InChI is InChI=1S/C21H15N3O4S/c25-19(17-9-4-10-27-17)24-21(29)23-15-7-3-6-14(12-15)22-20(26)18-11-13-5-1-2-8-16(13)28-18/h1-12H,(H,22,26)(H2,23,24,25,29). The normalized spacial score (nSPS) is 10.5. The van der Waals surface area contributed by atoms with Crippen molar-refractivity contribution in [1.82, 2.24) is 5.32 Å². The van der Waals surface area contributed by atoms with Crippen LogP contribution in [0.25, 0.3) is 11.0 Å². The Balaban J connectivity index is 1.41.